The summed E-state index contributed by atoms with van der Waals surface area (Å²) in [5, 5.41) is 13.6. The van der Waals surface area contributed by atoms with Gasteiger partial charge in [0.25, 0.3) is 0 Å². The van der Waals surface area contributed by atoms with Crippen LogP contribution in [0.5, 0.6) is 0 Å². The van der Waals surface area contributed by atoms with Crippen LogP contribution in [0.3, 0.4) is 0 Å². The molecule has 1 heterocycles. The van der Waals surface area contributed by atoms with E-state index in [0.29, 0.717) is 6.04 Å². The molecule has 2 nitrogen and oxygen atoms in total. The molecule has 3 atom stereocenters. The van der Waals surface area contributed by atoms with Crippen LogP contribution in [0.25, 0.3) is 0 Å². The number of nitrogens with one attached hydrogen (secondary N) is 1. The van der Waals surface area contributed by atoms with E-state index in [0.717, 1.165) is 18.9 Å². The van der Waals surface area contributed by atoms with E-state index in [1.165, 1.54) is 44.9 Å². The average Bonchev–Trinajstić information content (AvgIpc) is 2.34. The molecule has 1 saturated heterocycles. The number of hydrogen-bond donors (Lipinski definition) is 2. The normalized spacial score (nSPS) is 27.9. The van der Waals surface area contributed by atoms with Crippen LogP contribution < -0.4 is 5.32 Å². The highest BCUT2D eigenvalue weighted by atomic mass is 16.3. The lowest BCUT2D eigenvalue weighted by Gasteiger charge is -2.33. The highest BCUT2D eigenvalue weighted by molar-refractivity contribution is 4.83. The van der Waals surface area contributed by atoms with Gasteiger partial charge in [0.2, 0.25) is 0 Å². The van der Waals surface area contributed by atoms with E-state index >= 15 is 0 Å². The molecule has 2 N–H and O–H groups in total. The van der Waals surface area contributed by atoms with Crippen LogP contribution in [0.15, 0.2) is 0 Å². The molecule has 0 aromatic rings. The van der Waals surface area contributed by atoms with Crippen molar-refractivity contribution in [2.75, 3.05) is 6.54 Å². The van der Waals surface area contributed by atoms with E-state index in [1.807, 2.05) is 0 Å². The molecular formula is C14H29NO. The summed E-state index contributed by atoms with van der Waals surface area (Å²) in [5.74, 6) is 0.830. The quantitative estimate of drug-likeness (QED) is 0.655. The molecule has 0 radical (unpaired) electrons. The number of unbranched alkanes of at least 4 members (excludes halogenated alkanes) is 3. The second-order valence-electron chi connectivity index (χ2n) is 5.28. The molecule has 0 saturated carbocycles. The molecule has 2 heteroatoms. The first-order valence-electron chi connectivity index (χ1n) is 7.19. The Balaban J connectivity index is 2.16. The van der Waals surface area contributed by atoms with Crippen molar-refractivity contribution in [1.82, 2.24) is 5.32 Å². The fourth-order valence-electron chi connectivity index (χ4n) is 2.68. The number of aliphatic hydroxyl groups excluding tert-OH is 1. The molecule has 3 unspecified atom stereocenters. The van der Waals surface area contributed by atoms with E-state index in [4.69, 9.17) is 0 Å². The van der Waals surface area contributed by atoms with Crippen LogP contribution in [0, 0.1) is 5.92 Å². The van der Waals surface area contributed by atoms with Gasteiger partial charge in [-0.2, -0.15) is 0 Å². The van der Waals surface area contributed by atoms with Gasteiger partial charge in [0.1, 0.15) is 0 Å². The standard InChI is InChI=1S/C14H29NO/c1-3-5-6-7-8-14(16)13-11-12(4-2)9-10-15-13/h12-16H,3-11H2,1-2H3. The molecule has 0 aromatic heterocycles. The van der Waals surface area contributed by atoms with Crippen LogP contribution in [-0.2, 0) is 0 Å². The minimum atomic E-state index is -0.119. The molecule has 16 heavy (non-hydrogen) atoms. The van der Waals surface area contributed by atoms with Gasteiger partial charge in [-0.25, -0.2) is 0 Å². The molecule has 1 fully saturated rings. The zero-order valence-corrected chi connectivity index (χ0v) is 11.0. The lowest BCUT2D eigenvalue weighted by molar-refractivity contribution is 0.0879. The molecule has 0 amide bonds. The monoisotopic (exact) mass is 227 g/mol. The maximum absolute atomic E-state index is 10.1. The zero-order valence-electron chi connectivity index (χ0n) is 11.0. The molecule has 96 valence electrons. The summed E-state index contributed by atoms with van der Waals surface area (Å²) in [5.41, 5.74) is 0. The highest BCUT2D eigenvalue weighted by Gasteiger charge is 2.25. The average molecular weight is 227 g/mol. The third-order valence-electron chi connectivity index (χ3n) is 3.94. The van der Waals surface area contributed by atoms with Crippen molar-refractivity contribution in [2.24, 2.45) is 5.92 Å². The topological polar surface area (TPSA) is 32.3 Å². The van der Waals surface area contributed by atoms with Gasteiger partial charge < -0.3 is 10.4 Å². The summed E-state index contributed by atoms with van der Waals surface area (Å²) in [6.45, 7) is 5.58. The Morgan fingerprint density at radius 2 is 2.06 bits per heavy atom. The van der Waals surface area contributed by atoms with E-state index in [-0.39, 0.29) is 6.10 Å². The summed E-state index contributed by atoms with van der Waals surface area (Å²) in [6, 6.07) is 0.361. The molecule has 0 spiro atoms. The molecule has 0 aromatic carbocycles. The van der Waals surface area contributed by atoms with Crippen LogP contribution in [0.2, 0.25) is 0 Å². The predicted octanol–water partition coefficient (Wildman–Crippen LogP) is 3.10. The first-order valence-corrected chi connectivity index (χ1v) is 7.19. The van der Waals surface area contributed by atoms with E-state index in [2.05, 4.69) is 19.2 Å². The second-order valence-corrected chi connectivity index (χ2v) is 5.28. The Bertz CT molecular complexity index is 172. The summed E-state index contributed by atoms with van der Waals surface area (Å²) in [4.78, 5) is 0. The predicted molar refractivity (Wildman–Crippen MR) is 69.6 cm³/mol. The summed E-state index contributed by atoms with van der Waals surface area (Å²) in [7, 11) is 0. The molecule has 1 aliphatic rings. The Kier molecular flexibility index (Phi) is 7.06. The first-order chi connectivity index (χ1) is 7.77. The Labute approximate surface area is 101 Å². The maximum atomic E-state index is 10.1. The fourth-order valence-corrected chi connectivity index (χ4v) is 2.68. The van der Waals surface area contributed by atoms with Crippen molar-refractivity contribution < 1.29 is 5.11 Å². The Hall–Kier alpha value is -0.0800. The van der Waals surface area contributed by atoms with E-state index < -0.39 is 0 Å². The number of rotatable bonds is 7. The largest absolute Gasteiger partial charge is 0.392 e. The molecular weight excluding hydrogens is 198 g/mol. The highest BCUT2D eigenvalue weighted by Crippen LogP contribution is 2.22. The van der Waals surface area contributed by atoms with Crippen molar-refractivity contribution in [1.29, 1.82) is 0 Å². The van der Waals surface area contributed by atoms with Gasteiger partial charge in [0.05, 0.1) is 6.10 Å². The molecule has 0 aliphatic carbocycles. The van der Waals surface area contributed by atoms with Crippen molar-refractivity contribution in [2.45, 2.75) is 77.4 Å². The third kappa shape index (κ3) is 4.84. The van der Waals surface area contributed by atoms with Crippen molar-refractivity contribution in [3.63, 3.8) is 0 Å². The van der Waals surface area contributed by atoms with Gasteiger partial charge in [0.15, 0.2) is 0 Å². The van der Waals surface area contributed by atoms with Crippen molar-refractivity contribution in [3.05, 3.63) is 0 Å². The minimum absolute atomic E-state index is 0.119. The number of aliphatic hydroxyl groups is 1. The van der Waals surface area contributed by atoms with E-state index in [9.17, 15) is 5.11 Å². The van der Waals surface area contributed by atoms with Crippen molar-refractivity contribution >= 4 is 0 Å². The number of piperidine rings is 1. The van der Waals surface area contributed by atoms with E-state index in [1.54, 1.807) is 0 Å². The smallest absolute Gasteiger partial charge is 0.0693 e. The van der Waals surface area contributed by atoms with Crippen LogP contribution in [-0.4, -0.2) is 23.8 Å². The van der Waals surface area contributed by atoms with Crippen LogP contribution >= 0.6 is 0 Å². The van der Waals surface area contributed by atoms with Crippen LogP contribution in [0.4, 0.5) is 0 Å². The summed E-state index contributed by atoms with van der Waals surface area (Å²) >= 11 is 0. The molecule has 0 bridgehead atoms. The SMILES string of the molecule is CCCCCCC(O)C1CC(CC)CCN1. The molecule has 1 rings (SSSR count). The van der Waals surface area contributed by atoms with Gasteiger partial charge in [-0.1, -0.05) is 46.0 Å². The first kappa shape index (κ1) is 14.0. The second kappa shape index (κ2) is 8.08. The van der Waals surface area contributed by atoms with Gasteiger partial charge in [-0.05, 0) is 31.7 Å². The lowest BCUT2D eigenvalue weighted by Crippen LogP contribution is -2.45. The van der Waals surface area contributed by atoms with Crippen molar-refractivity contribution in [3.8, 4) is 0 Å². The Morgan fingerprint density at radius 3 is 2.75 bits per heavy atom. The van der Waals surface area contributed by atoms with Gasteiger partial charge in [-0.15, -0.1) is 0 Å². The van der Waals surface area contributed by atoms with Crippen LogP contribution in [0.1, 0.15) is 65.2 Å². The summed E-state index contributed by atoms with van der Waals surface area (Å²) in [6.07, 6.45) is 9.63. The van der Waals surface area contributed by atoms with Gasteiger partial charge in [-0.3, -0.25) is 0 Å². The van der Waals surface area contributed by atoms with Gasteiger partial charge >= 0.3 is 0 Å². The minimum Gasteiger partial charge on any atom is -0.392 e. The van der Waals surface area contributed by atoms with Gasteiger partial charge in [0, 0.05) is 6.04 Å². The lowest BCUT2D eigenvalue weighted by atomic mass is 9.87. The Morgan fingerprint density at radius 1 is 1.25 bits per heavy atom. The maximum Gasteiger partial charge on any atom is 0.0693 e. The zero-order chi connectivity index (χ0) is 11.8. The molecule has 1 aliphatic heterocycles. The number of hydrogen-bond acceptors (Lipinski definition) is 2. The fraction of sp³-hybridized carbons (Fsp3) is 1.00. The summed E-state index contributed by atoms with van der Waals surface area (Å²) < 4.78 is 0. The third-order valence-corrected chi connectivity index (χ3v) is 3.94.